The molecule has 0 aliphatic rings. The van der Waals surface area contributed by atoms with Gasteiger partial charge in [-0.25, -0.2) is 4.39 Å². The van der Waals surface area contributed by atoms with Crippen molar-refractivity contribution >= 4 is 35.8 Å². The lowest BCUT2D eigenvalue weighted by molar-refractivity contribution is 0.0926. The molecule has 0 bridgehead atoms. The normalized spacial score (nSPS) is 11.5. The molecule has 6 nitrogen and oxygen atoms in total. The second kappa shape index (κ2) is 11.7. The Morgan fingerprint density at radius 1 is 1.14 bits per heavy atom. The predicted molar refractivity (Wildman–Crippen MR) is 120 cm³/mol. The zero-order valence-electron chi connectivity index (χ0n) is 16.4. The van der Waals surface area contributed by atoms with Crippen molar-refractivity contribution in [1.29, 1.82) is 0 Å². The minimum atomic E-state index is -0.308. The Hall–Kier alpha value is -2.10. The Bertz CT molecular complexity index is 763. The molecule has 154 valence electrons. The van der Waals surface area contributed by atoms with E-state index in [1.165, 1.54) is 12.3 Å². The van der Waals surface area contributed by atoms with Crippen LogP contribution in [-0.4, -0.2) is 38.0 Å². The highest BCUT2D eigenvalue weighted by Crippen LogP contribution is 2.24. The number of aliphatic imine (C=N–C) groups is 1. The van der Waals surface area contributed by atoms with E-state index < -0.39 is 0 Å². The van der Waals surface area contributed by atoms with Crippen LogP contribution in [0.3, 0.4) is 0 Å². The summed E-state index contributed by atoms with van der Waals surface area (Å²) >= 11 is 0. The van der Waals surface area contributed by atoms with Gasteiger partial charge >= 0.3 is 0 Å². The molecule has 3 N–H and O–H groups in total. The Labute approximate surface area is 182 Å². The summed E-state index contributed by atoms with van der Waals surface area (Å²) < 4.78 is 18.5. The van der Waals surface area contributed by atoms with Crippen molar-refractivity contribution in [2.24, 2.45) is 4.99 Å². The lowest BCUT2D eigenvalue weighted by atomic mass is 9.85. The summed E-state index contributed by atoms with van der Waals surface area (Å²) in [6.45, 7) is 8.18. The van der Waals surface area contributed by atoms with Gasteiger partial charge in [0.25, 0.3) is 5.91 Å². The first-order valence-electron chi connectivity index (χ1n) is 9.02. The molecule has 28 heavy (non-hydrogen) atoms. The highest BCUT2D eigenvalue weighted by molar-refractivity contribution is 14.0. The van der Waals surface area contributed by atoms with Crippen LogP contribution in [0.15, 0.2) is 52.1 Å². The van der Waals surface area contributed by atoms with Crippen LogP contribution in [-0.2, 0) is 5.41 Å². The fourth-order valence-corrected chi connectivity index (χ4v) is 2.47. The van der Waals surface area contributed by atoms with Crippen LogP contribution >= 0.6 is 24.0 Å². The van der Waals surface area contributed by atoms with Gasteiger partial charge in [-0.15, -0.1) is 24.0 Å². The fourth-order valence-electron chi connectivity index (χ4n) is 2.47. The smallest absolute Gasteiger partial charge is 0.287 e. The maximum atomic E-state index is 13.5. The van der Waals surface area contributed by atoms with Crippen LogP contribution in [0.5, 0.6) is 0 Å². The number of rotatable bonds is 8. The standard InChI is InChI=1S/C20H27FN4O2.HI/c1-4-22-19(24-11-10-23-18(26)17-9-6-12-27-17)25-14-20(2,3)15-7-5-8-16(21)13-15;/h5-9,12-13H,4,10-11,14H2,1-3H3,(H,23,26)(H2,22,24,25);1H. The first kappa shape index (κ1) is 23.9. The third kappa shape index (κ3) is 7.49. The third-order valence-corrected chi connectivity index (χ3v) is 4.03. The Balaban J connectivity index is 0.00000392. The van der Waals surface area contributed by atoms with Crippen molar-refractivity contribution in [3.8, 4) is 0 Å². The van der Waals surface area contributed by atoms with E-state index in [9.17, 15) is 9.18 Å². The van der Waals surface area contributed by atoms with E-state index in [2.05, 4.69) is 20.9 Å². The van der Waals surface area contributed by atoms with Gasteiger partial charge in [0.2, 0.25) is 0 Å². The van der Waals surface area contributed by atoms with E-state index in [-0.39, 0.29) is 46.9 Å². The summed E-state index contributed by atoms with van der Waals surface area (Å²) in [6.07, 6.45) is 1.46. The molecule has 0 unspecified atom stereocenters. The van der Waals surface area contributed by atoms with E-state index in [0.29, 0.717) is 32.1 Å². The van der Waals surface area contributed by atoms with Crippen molar-refractivity contribution in [2.75, 3.05) is 26.2 Å². The van der Waals surface area contributed by atoms with Gasteiger partial charge < -0.3 is 20.4 Å². The number of nitrogens with one attached hydrogen (secondary N) is 3. The summed E-state index contributed by atoms with van der Waals surface area (Å²) in [4.78, 5) is 16.4. The molecular weight excluding hydrogens is 474 g/mol. The van der Waals surface area contributed by atoms with Gasteiger partial charge in [0, 0.05) is 25.0 Å². The van der Waals surface area contributed by atoms with Gasteiger partial charge in [-0.1, -0.05) is 26.0 Å². The van der Waals surface area contributed by atoms with Crippen LogP contribution in [0.4, 0.5) is 4.39 Å². The number of furan rings is 1. The first-order valence-corrected chi connectivity index (χ1v) is 9.02. The minimum absolute atomic E-state index is 0. The molecule has 2 aromatic rings. The Morgan fingerprint density at radius 3 is 2.54 bits per heavy atom. The molecule has 0 aliphatic carbocycles. The molecule has 1 amide bonds. The number of carbonyl (C=O) groups excluding carboxylic acids is 1. The van der Waals surface area contributed by atoms with Gasteiger partial charge in [-0.3, -0.25) is 9.79 Å². The second-order valence-electron chi connectivity index (χ2n) is 6.75. The van der Waals surface area contributed by atoms with E-state index in [4.69, 9.17) is 4.42 Å². The SMILES string of the molecule is CCNC(=NCC(C)(C)c1cccc(F)c1)NCCNC(=O)c1ccco1.I. The predicted octanol–water partition coefficient (Wildman–Crippen LogP) is 3.30. The number of halogens is 2. The van der Waals surface area contributed by atoms with Gasteiger partial charge in [0.1, 0.15) is 5.82 Å². The lowest BCUT2D eigenvalue weighted by Gasteiger charge is -2.24. The van der Waals surface area contributed by atoms with Crippen LogP contribution in [0.1, 0.15) is 36.9 Å². The molecule has 0 saturated carbocycles. The number of guanidine groups is 1. The van der Waals surface area contributed by atoms with Gasteiger partial charge in [0.05, 0.1) is 12.8 Å². The van der Waals surface area contributed by atoms with Crippen molar-refractivity contribution in [2.45, 2.75) is 26.2 Å². The molecule has 2 rings (SSSR count). The fraction of sp³-hybridized carbons (Fsp3) is 0.400. The third-order valence-electron chi connectivity index (χ3n) is 4.03. The van der Waals surface area contributed by atoms with E-state index >= 15 is 0 Å². The zero-order valence-corrected chi connectivity index (χ0v) is 18.8. The number of hydrogen-bond acceptors (Lipinski definition) is 3. The maximum absolute atomic E-state index is 13.5. The number of nitrogens with zero attached hydrogens (tertiary/aromatic N) is 1. The first-order chi connectivity index (χ1) is 12.9. The quantitative estimate of drug-likeness (QED) is 0.224. The number of benzene rings is 1. The number of carbonyl (C=O) groups is 1. The molecule has 0 aliphatic heterocycles. The lowest BCUT2D eigenvalue weighted by Crippen LogP contribution is -2.42. The van der Waals surface area contributed by atoms with Crippen molar-refractivity contribution in [3.63, 3.8) is 0 Å². The largest absolute Gasteiger partial charge is 0.459 e. The minimum Gasteiger partial charge on any atom is -0.459 e. The van der Waals surface area contributed by atoms with Crippen LogP contribution in [0, 0.1) is 5.82 Å². The number of amides is 1. The van der Waals surface area contributed by atoms with E-state index in [1.54, 1.807) is 24.3 Å². The average molecular weight is 502 g/mol. The zero-order chi connectivity index (χ0) is 19.7. The highest BCUT2D eigenvalue weighted by atomic mass is 127. The van der Waals surface area contributed by atoms with E-state index in [1.807, 2.05) is 26.8 Å². The molecule has 0 fully saturated rings. The average Bonchev–Trinajstić information content (AvgIpc) is 3.18. The van der Waals surface area contributed by atoms with E-state index in [0.717, 1.165) is 5.56 Å². The molecule has 0 atom stereocenters. The monoisotopic (exact) mass is 502 g/mol. The summed E-state index contributed by atoms with van der Waals surface area (Å²) in [5.74, 6) is 0.430. The van der Waals surface area contributed by atoms with Crippen LogP contribution in [0.25, 0.3) is 0 Å². The summed E-state index contributed by atoms with van der Waals surface area (Å²) in [5, 5.41) is 9.11. The van der Waals surface area contributed by atoms with Crippen LogP contribution < -0.4 is 16.0 Å². The molecule has 0 spiro atoms. The molecule has 0 radical (unpaired) electrons. The topological polar surface area (TPSA) is 78.7 Å². The van der Waals surface area contributed by atoms with Gasteiger partial charge in [-0.2, -0.15) is 0 Å². The maximum Gasteiger partial charge on any atom is 0.287 e. The van der Waals surface area contributed by atoms with Crippen molar-refractivity contribution in [3.05, 3.63) is 59.8 Å². The van der Waals surface area contributed by atoms with Gasteiger partial charge in [0.15, 0.2) is 11.7 Å². The number of hydrogen-bond donors (Lipinski definition) is 3. The molecule has 1 aromatic heterocycles. The summed E-state index contributed by atoms with van der Waals surface area (Å²) in [6, 6.07) is 9.88. The second-order valence-corrected chi connectivity index (χ2v) is 6.75. The molecule has 0 saturated heterocycles. The molecular formula is C20H28FIN4O2. The van der Waals surface area contributed by atoms with Crippen molar-refractivity contribution < 1.29 is 13.6 Å². The van der Waals surface area contributed by atoms with Crippen LogP contribution in [0.2, 0.25) is 0 Å². The highest BCUT2D eigenvalue weighted by Gasteiger charge is 2.21. The molecule has 1 aromatic carbocycles. The van der Waals surface area contributed by atoms with Gasteiger partial charge in [-0.05, 0) is 36.8 Å². The summed E-state index contributed by atoms with van der Waals surface area (Å²) in [5.41, 5.74) is 0.589. The molecule has 1 heterocycles. The van der Waals surface area contributed by atoms with Crippen molar-refractivity contribution in [1.82, 2.24) is 16.0 Å². The Morgan fingerprint density at radius 2 is 1.89 bits per heavy atom. The Kier molecular flexibility index (Phi) is 9.98. The molecule has 8 heteroatoms. The summed E-state index contributed by atoms with van der Waals surface area (Å²) in [7, 11) is 0.